The van der Waals surface area contributed by atoms with E-state index in [2.05, 4.69) is 5.10 Å². The molecular formula is C19H14ClF4N3O2. The average molecular weight is 428 g/mol. The molecule has 0 aliphatic rings. The van der Waals surface area contributed by atoms with Crippen LogP contribution in [0.3, 0.4) is 0 Å². The number of rotatable bonds is 4. The van der Waals surface area contributed by atoms with E-state index < -0.39 is 29.2 Å². The van der Waals surface area contributed by atoms with Crippen LogP contribution in [-0.4, -0.2) is 30.3 Å². The topological polar surface area (TPSA) is 58.2 Å². The number of halogens is 5. The smallest absolute Gasteiger partial charge is 0.433 e. The van der Waals surface area contributed by atoms with Crippen molar-refractivity contribution in [2.75, 3.05) is 19.1 Å². The first-order valence-electron chi connectivity index (χ1n) is 8.16. The van der Waals surface area contributed by atoms with E-state index >= 15 is 0 Å². The van der Waals surface area contributed by atoms with Gasteiger partial charge in [0.2, 0.25) is 0 Å². The fourth-order valence-electron chi connectivity index (χ4n) is 2.84. The van der Waals surface area contributed by atoms with Crippen molar-refractivity contribution in [3.05, 3.63) is 64.7 Å². The molecule has 0 saturated carbocycles. The molecule has 0 fully saturated rings. The molecule has 5 nitrogen and oxygen atoms in total. The monoisotopic (exact) mass is 427 g/mol. The average Bonchev–Trinajstić information content (AvgIpc) is 3.17. The number of aromatic nitrogens is 2. The SMILES string of the molecule is COc1cc(-c2ccccc2N(C)C(=O)c2cn[nH]c2C(F)(F)F)c(F)cc1Cl. The number of benzene rings is 2. The summed E-state index contributed by atoms with van der Waals surface area (Å²) in [4.78, 5) is 13.7. The van der Waals surface area contributed by atoms with Crippen molar-refractivity contribution < 1.29 is 27.1 Å². The Morgan fingerprint density at radius 1 is 1.21 bits per heavy atom. The van der Waals surface area contributed by atoms with Crippen molar-refractivity contribution in [3.8, 4) is 16.9 Å². The van der Waals surface area contributed by atoms with E-state index in [1.54, 1.807) is 17.2 Å². The van der Waals surface area contributed by atoms with Gasteiger partial charge < -0.3 is 9.64 Å². The number of nitrogens with zero attached hydrogens (tertiary/aromatic N) is 2. The first-order chi connectivity index (χ1) is 13.6. The molecule has 0 radical (unpaired) electrons. The minimum absolute atomic E-state index is 0.0591. The molecule has 2 aromatic carbocycles. The third-order valence-corrected chi connectivity index (χ3v) is 4.55. The van der Waals surface area contributed by atoms with E-state index in [0.29, 0.717) is 0 Å². The van der Waals surface area contributed by atoms with Crippen LogP contribution in [0.1, 0.15) is 16.1 Å². The number of alkyl halides is 3. The lowest BCUT2D eigenvalue weighted by Crippen LogP contribution is -2.28. The van der Waals surface area contributed by atoms with E-state index in [9.17, 15) is 22.4 Å². The number of anilines is 1. The van der Waals surface area contributed by atoms with Crippen LogP contribution in [0.2, 0.25) is 5.02 Å². The van der Waals surface area contributed by atoms with Crippen LogP contribution in [0.15, 0.2) is 42.6 Å². The molecule has 3 rings (SSSR count). The summed E-state index contributed by atoms with van der Waals surface area (Å²) >= 11 is 5.92. The van der Waals surface area contributed by atoms with Crippen LogP contribution >= 0.6 is 11.6 Å². The summed E-state index contributed by atoms with van der Waals surface area (Å²) in [6, 6.07) is 8.62. The molecule has 0 saturated heterocycles. The van der Waals surface area contributed by atoms with E-state index in [1.807, 2.05) is 0 Å². The number of hydrogen-bond acceptors (Lipinski definition) is 3. The number of para-hydroxylation sites is 1. The molecule has 0 spiro atoms. The third-order valence-electron chi connectivity index (χ3n) is 4.25. The van der Waals surface area contributed by atoms with Crippen LogP contribution in [0.4, 0.5) is 23.2 Å². The van der Waals surface area contributed by atoms with Gasteiger partial charge in [0.15, 0.2) is 5.69 Å². The van der Waals surface area contributed by atoms with Gasteiger partial charge in [-0.2, -0.15) is 18.3 Å². The van der Waals surface area contributed by atoms with Crippen LogP contribution in [0.5, 0.6) is 5.75 Å². The van der Waals surface area contributed by atoms with Crippen molar-refractivity contribution >= 4 is 23.2 Å². The molecule has 1 N–H and O–H groups in total. The van der Waals surface area contributed by atoms with Gasteiger partial charge in [0.05, 0.1) is 29.6 Å². The quantitative estimate of drug-likeness (QED) is 0.584. The number of ether oxygens (including phenoxy) is 1. The highest BCUT2D eigenvalue weighted by molar-refractivity contribution is 6.32. The summed E-state index contributed by atoms with van der Waals surface area (Å²) in [5.41, 5.74) is -1.37. The number of carbonyl (C=O) groups is 1. The molecular weight excluding hydrogens is 414 g/mol. The van der Waals surface area contributed by atoms with Gasteiger partial charge in [0.1, 0.15) is 11.6 Å². The number of aromatic amines is 1. The standard InChI is InChI=1S/C19H14ClF4N3O2/c1-27(18(28)12-9-25-26-17(12)19(22,23)24)15-6-4-3-5-10(15)11-7-16(29-2)13(20)8-14(11)21/h3-9H,1-2H3,(H,25,26). The summed E-state index contributed by atoms with van der Waals surface area (Å²) in [6.07, 6.45) is -3.98. The lowest BCUT2D eigenvalue weighted by Gasteiger charge is -2.22. The number of methoxy groups -OCH3 is 1. The lowest BCUT2D eigenvalue weighted by molar-refractivity contribution is -0.141. The first-order valence-corrected chi connectivity index (χ1v) is 8.54. The van der Waals surface area contributed by atoms with Gasteiger partial charge in [0, 0.05) is 18.2 Å². The Labute approximate surface area is 167 Å². The Balaban J connectivity index is 2.09. The van der Waals surface area contributed by atoms with Crippen molar-refractivity contribution in [1.82, 2.24) is 10.2 Å². The Hall–Kier alpha value is -3.07. The predicted molar refractivity (Wildman–Crippen MR) is 99.7 cm³/mol. The van der Waals surface area contributed by atoms with E-state index in [1.165, 1.54) is 32.4 Å². The molecule has 10 heteroatoms. The normalized spacial score (nSPS) is 11.4. The molecule has 152 valence electrons. The molecule has 1 heterocycles. The molecule has 29 heavy (non-hydrogen) atoms. The van der Waals surface area contributed by atoms with Crippen LogP contribution in [-0.2, 0) is 6.18 Å². The van der Waals surface area contributed by atoms with Crippen LogP contribution < -0.4 is 9.64 Å². The second-order valence-electron chi connectivity index (χ2n) is 6.00. The predicted octanol–water partition coefficient (Wildman–Crippen LogP) is 5.17. The van der Waals surface area contributed by atoms with Crippen LogP contribution in [0.25, 0.3) is 11.1 Å². The van der Waals surface area contributed by atoms with Crippen molar-refractivity contribution in [3.63, 3.8) is 0 Å². The minimum atomic E-state index is -4.78. The Morgan fingerprint density at radius 2 is 1.90 bits per heavy atom. The third kappa shape index (κ3) is 3.91. The fraction of sp³-hybridized carbons (Fsp3) is 0.158. The number of hydrogen-bond donors (Lipinski definition) is 1. The summed E-state index contributed by atoms with van der Waals surface area (Å²) in [5, 5.41) is 5.18. The number of H-pyrrole nitrogens is 1. The Morgan fingerprint density at radius 3 is 2.55 bits per heavy atom. The summed E-state index contributed by atoms with van der Waals surface area (Å²) in [6.45, 7) is 0. The largest absolute Gasteiger partial charge is 0.495 e. The molecule has 1 amide bonds. The zero-order valence-corrected chi connectivity index (χ0v) is 15.9. The summed E-state index contributed by atoms with van der Waals surface area (Å²) in [5.74, 6) is -1.43. The second kappa shape index (κ2) is 7.75. The van der Waals surface area contributed by atoms with Gasteiger partial charge >= 0.3 is 6.18 Å². The highest BCUT2D eigenvalue weighted by Crippen LogP contribution is 2.38. The second-order valence-corrected chi connectivity index (χ2v) is 6.41. The van der Waals surface area contributed by atoms with E-state index in [-0.39, 0.29) is 27.6 Å². The van der Waals surface area contributed by atoms with Crippen molar-refractivity contribution in [2.24, 2.45) is 0 Å². The molecule has 0 aliphatic heterocycles. The Kier molecular flexibility index (Phi) is 5.52. The highest BCUT2D eigenvalue weighted by Gasteiger charge is 2.38. The van der Waals surface area contributed by atoms with Crippen molar-refractivity contribution in [2.45, 2.75) is 6.18 Å². The van der Waals surface area contributed by atoms with Gasteiger partial charge in [0.25, 0.3) is 5.91 Å². The number of carbonyl (C=O) groups excluding carboxylic acids is 1. The molecule has 0 unspecified atom stereocenters. The maximum absolute atomic E-state index is 14.6. The van der Waals surface area contributed by atoms with Crippen LogP contribution in [0, 0.1) is 5.82 Å². The van der Waals surface area contributed by atoms with E-state index in [0.717, 1.165) is 17.2 Å². The zero-order valence-electron chi connectivity index (χ0n) is 15.1. The fourth-order valence-corrected chi connectivity index (χ4v) is 3.07. The maximum atomic E-state index is 14.6. The first kappa shape index (κ1) is 20.7. The number of nitrogens with one attached hydrogen (secondary N) is 1. The zero-order chi connectivity index (χ0) is 21.3. The minimum Gasteiger partial charge on any atom is -0.495 e. The molecule has 3 aromatic rings. The van der Waals surface area contributed by atoms with Gasteiger partial charge in [-0.3, -0.25) is 9.89 Å². The van der Waals surface area contributed by atoms with Gasteiger partial charge in [-0.15, -0.1) is 0 Å². The summed E-state index contributed by atoms with van der Waals surface area (Å²) < 4.78 is 59.0. The number of amides is 1. The molecule has 0 atom stereocenters. The van der Waals surface area contributed by atoms with Gasteiger partial charge in [-0.1, -0.05) is 29.8 Å². The van der Waals surface area contributed by atoms with Gasteiger partial charge in [-0.05, 0) is 18.2 Å². The van der Waals surface area contributed by atoms with Gasteiger partial charge in [-0.25, -0.2) is 4.39 Å². The maximum Gasteiger partial charge on any atom is 0.433 e. The molecule has 1 aromatic heterocycles. The molecule has 0 bridgehead atoms. The molecule has 0 aliphatic carbocycles. The summed E-state index contributed by atoms with van der Waals surface area (Å²) in [7, 11) is 2.65. The Bertz CT molecular complexity index is 1070. The van der Waals surface area contributed by atoms with E-state index in [4.69, 9.17) is 16.3 Å². The van der Waals surface area contributed by atoms with Crippen molar-refractivity contribution in [1.29, 1.82) is 0 Å². The lowest BCUT2D eigenvalue weighted by atomic mass is 10.0. The highest BCUT2D eigenvalue weighted by atomic mass is 35.5.